The Labute approximate surface area is 115 Å². The van der Waals surface area contributed by atoms with Gasteiger partial charge in [0, 0.05) is 13.6 Å². The number of phenolic OH excluding ortho intramolecular Hbond substituents is 1. The first kappa shape index (κ1) is 13.4. The van der Waals surface area contributed by atoms with Crippen LogP contribution in [-0.4, -0.2) is 30.1 Å². The van der Waals surface area contributed by atoms with Crippen LogP contribution >= 0.6 is 11.3 Å². The molecule has 0 bridgehead atoms. The summed E-state index contributed by atoms with van der Waals surface area (Å²) in [6.07, 6.45) is 0. The Morgan fingerprint density at radius 1 is 1.42 bits per heavy atom. The number of carbonyl (C=O) groups excluding carboxylic acids is 1. The first-order valence-electron chi connectivity index (χ1n) is 5.76. The van der Waals surface area contributed by atoms with Crippen LogP contribution in [0.15, 0.2) is 35.0 Å². The van der Waals surface area contributed by atoms with Gasteiger partial charge in [0.15, 0.2) is 11.5 Å². The van der Waals surface area contributed by atoms with Gasteiger partial charge >= 0.3 is 0 Å². The van der Waals surface area contributed by atoms with Gasteiger partial charge < -0.3 is 14.7 Å². The maximum Gasteiger partial charge on any atom is 0.257 e. The van der Waals surface area contributed by atoms with Crippen LogP contribution in [0.2, 0.25) is 0 Å². The highest BCUT2D eigenvalue weighted by molar-refractivity contribution is 7.07. The number of rotatable bonds is 4. The number of hydrogen-bond donors (Lipinski definition) is 1. The molecule has 0 radical (unpaired) electrons. The summed E-state index contributed by atoms with van der Waals surface area (Å²) in [5.74, 6) is -0.0513. The van der Waals surface area contributed by atoms with Crippen molar-refractivity contribution >= 4 is 17.2 Å². The number of nitrogens with zero attached hydrogens (tertiary/aromatic N) is 1. The van der Waals surface area contributed by atoms with Crippen molar-refractivity contribution in [3.8, 4) is 11.5 Å². The van der Waals surface area contributed by atoms with Crippen molar-refractivity contribution in [3.05, 3.63) is 46.2 Å². The summed E-state index contributed by atoms with van der Waals surface area (Å²) in [5, 5.41) is 13.9. The lowest BCUT2D eigenvalue weighted by Gasteiger charge is -2.17. The van der Waals surface area contributed by atoms with E-state index in [0.717, 1.165) is 5.56 Å². The second kappa shape index (κ2) is 5.75. The molecule has 1 amide bonds. The van der Waals surface area contributed by atoms with E-state index in [1.807, 2.05) is 16.8 Å². The van der Waals surface area contributed by atoms with Gasteiger partial charge in [-0.05, 0) is 34.5 Å². The molecular formula is C14H15NO3S. The molecule has 2 aromatic rings. The molecule has 0 atom stereocenters. The number of phenols is 1. The topological polar surface area (TPSA) is 49.8 Å². The van der Waals surface area contributed by atoms with E-state index >= 15 is 0 Å². The fraction of sp³-hybridized carbons (Fsp3) is 0.214. The highest BCUT2D eigenvalue weighted by Gasteiger charge is 2.18. The fourth-order valence-electron chi connectivity index (χ4n) is 1.79. The van der Waals surface area contributed by atoms with Crippen LogP contribution < -0.4 is 4.74 Å². The van der Waals surface area contributed by atoms with Crippen molar-refractivity contribution in [2.45, 2.75) is 6.54 Å². The molecule has 1 aromatic heterocycles. The molecule has 0 unspecified atom stereocenters. The summed E-state index contributed by atoms with van der Waals surface area (Å²) in [6, 6.07) is 6.86. The lowest BCUT2D eigenvalue weighted by Crippen LogP contribution is -2.26. The molecule has 0 fully saturated rings. The summed E-state index contributed by atoms with van der Waals surface area (Å²) in [7, 11) is 3.16. The zero-order valence-electron chi connectivity index (χ0n) is 10.8. The van der Waals surface area contributed by atoms with Crippen molar-refractivity contribution in [3.63, 3.8) is 0 Å². The second-order valence-corrected chi connectivity index (χ2v) is 4.93. The Morgan fingerprint density at radius 3 is 2.84 bits per heavy atom. The number of aromatic hydroxyl groups is 1. The van der Waals surface area contributed by atoms with Gasteiger partial charge in [0.2, 0.25) is 0 Å². The van der Waals surface area contributed by atoms with Crippen LogP contribution in [0.1, 0.15) is 15.9 Å². The van der Waals surface area contributed by atoms with Gasteiger partial charge in [0.05, 0.1) is 12.7 Å². The van der Waals surface area contributed by atoms with Crippen LogP contribution in [0, 0.1) is 0 Å². The van der Waals surface area contributed by atoms with Gasteiger partial charge in [0.1, 0.15) is 0 Å². The zero-order chi connectivity index (χ0) is 13.8. The van der Waals surface area contributed by atoms with Crippen molar-refractivity contribution in [2.24, 2.45) is 0 Å². The largest absolute Gasteiger partial charge is 0.504 e. The number of benzene rings is 1. The van der Waals surface area contributed by atoms with Gasteiger partial charge in [-0.3, -0.25) is 4.79 Å². The standard InChI is InChI=1S/C14H15NO3S/c1-15(8-10-6-7-19-9-10)14(17)11-4-3-5-12(18-2)13(11)16/h3-7,9,16H,8H2,1-2H3. The van der Waals surface area contributed by atoms with E-state index in [4.69, 9.17) is 4.74 Å². The Bertz CT molecular complexity index is 566. The maximum absolute atomic E-state index is 12.3. The van der Waals surface area contributed by atoms with E-state index in [2.05, 4.69) is 0 Å². The zero-order valence-corrected chi connectivity index (χ0v) is 11.6. The average Bonchev–Trinajstić information content (AvgIpc) is 2.91. The normalized spacial score (nSPS) is 10.2. The number of hydrogen-bond acceptors (Lipinski definition) is 4. The molecule has 0 aliphatic carbocycles. The van der Waals surface area contributed by atoms with Crippen molar-refractivity contribution in [2.75, 3.05) is 14.2 Å². The molecule has 0 spiro atoms. The Kier molecular flexibility index (Phi) is 4.06. The number of amides is 1. The summed E-state index contributed by atoms with van der Waals surface area (Å²) in [6.45, 7) is 0.513. The van der Waals surface area contributed by atoms with E-state index in [0.29, 0.717) is 12.3 Å². The Morgan fingerprint density at radius 2 is 2.21 bits per heavy atom. The highest BCUT2D eigenvalue weighted by atomic mass is 32.1. The quantitative estimate of drug-likeness (QED) is 0.935. The number of para-hydroxylation sites is 1. The third kappa shape index (κ3) is 2.88. The molecule has 0 saturated carbocycles. The fourth-order valence-corrected chi connectivity index (χ4v) is 2.45. The molecule has 1 heterocycles. The van der Waals surface area contributed by atoms with Crippen molar-refractivity contribution in [1.29, 1.82) is 0 Å². The molecule has 0 aliphatic heterocycles. The first-order chi connectivity index (χ1) is 9.13. The molecular weight excluding hydrogens is 262 g/mol. The van der Waals surface area contributed by atoms with E-state index in [9.17, 15) is 9.90 Å². The highest BCUT2D eigenvalue weighted by Crippen LogP contribution is 2.30. The molecule has 1 N–H and O–H groups in total. The van der Waals surface area contributed by atoms with Gasteiger partial charge in [0.25, 0.3) is 5.91 Å². The smallest absolute Gasteiger partial charge is 0.257 e. The van der Waals surface area contributed by atoms with E-state index < -0.39 is 0 Å². The van der Waals surface area contributed by atoms with Crippen molar-refractivity contribution in [1.82, 2.24) is 4.90 Å². The number of ether oxygens (including phenoxy) is 1. The van der Waals surface area contributed by atoms with Gasteiger partial charge in [-0.25, -0.2) is 0 Å². The van der Waals surface area contributed by atoms with E-state index in [1.54, 1.807) is 41.5 Å². The predicted molar refractivity (Wildman–Crippen MR) is 74.8 cm³/mol. The SMILES string of the molecule is COc1cccc(C(=O)N(C)Cc2ccsc2)c1O. The van der Waals surface area contributed by atoms with E-state index in [-0.39, 0.29) is 17.2 Å². The van der Waals surface area contributed by atoms with Crippen LogP contribution in [0.25, 0.3) is 0 Å². The average molecular weight is 277 g/mol. The third-order valence-corrected chi connectivity index (χ3v) is 3.53. The van der Waals surface area contributed by atoms with Crippen molar-refractivity contribution < 1.29 is 14.6 Å². The van der Waals surface area contributed by atoms with E-state index in [1.165, 1.54) is 7.11 Å². The summed E-state index contributed by atoms with van der Waals surface area (Å²) >= 11 is 1.59. The summed E-state index contributed by atoms with van der Waals surface area (Å²) in [5.41, 5.74) is 1.32. The molecule has 2 rings (SSSR count). The molecule has 1 aromatic carbocycles. The van der Waals surface area contributed by atoms with Gasteiger partial charge in [-0.1, -0.05) is 6.07 Å². The van der Waals surface area contributed by atoms with Gasteiger partial charge in [-0.15, -0.1) is 0 Å². The summed E-state index contributed by atoms with van der Waals surface area (Å²) < 4.78 is 5.00. The lowest BCUT2D eigenvalue weighted by molar-refractivity contribution is 0.0781. The predicted octanol–water partition coefficient (Wildman–Crippen LogP) is 2.73. The number of carbonyl (C=O) groups is 1. The first-order valence-corrected chi connectivity index (χ1v) is 6.70. The third-order valence-electron chi connectivity index (χ3n) is 2.80. The minimum Gasteiger partial charge on any atom is -0.504 e. The number of thiophene rings is 1. The monoisotopic (exact) mass is 277 g/mol. The Hall–Kier alpha value is -2.01. The van der Waals surface area contributed by atoms with Crippen LogP contribution in [0.4, 0.5) is 0 Å². The van der Waals surface area contributed by atoms with Crippen LogP contribution in [0.5, 0.6) is 11.5 Å². The lowest BCUT2D eigenvalue weighted by atomic mass is 10.1. The molecule has 0 saturated heterocycles. The van der Waals surface area contributed by atoms with Gasteiger partial charge in [-0.2, -0.15) is 11.3 Å². The minimum atomic E-state index is -0.234. The maximum atomic E-state index is 12.3. The molecule has 0 aliphatic rings. The molecule has 100 valence electrons. The molecule has 5 heteroatoms. The number of methoxy groups -OCH3 is 1. The molecule has 19 heavy (non-hydrogen) atoms. The van der Waals surface area contributed by atoms with Crippen LogP contribution in [0.3, 0.4) is 0 Å². The Balaban J connectivity index is 2.19. The molecule has 4 nitrogen and oxygen atoms in total. The summed E-state index contributed by atoms with van der Waals surface area (Å²) in [4.78, 5) is 13.8. The second-order valence-electron chi connectivity index (χ2n) is 4.15. The minimum absolute atomic E-state index is 0.118. The van der Waals surface area contributed by atoms with Crippen LogP contribution in [-0.2, 0) is 6.54 Å².